The highest BCUT2D eigenvalue weighted by Crippen LogP contribution is 2.21. The summed E-state index contributed by atoms with van der Waals surface area (Å²) in [6.45, 7) is -0.0112. The molecular formula is C18H17N3O4S. The molecule has 7 nitrogen and oxygen atoms in total. The minimum Gasteiger partial charge on any atom is -0.480 e. The van der Waals surface area contributed by atoms with E-state index in [2.05, 4.69) is 5.10 Å². The molecule has 0 radical (unpaired) electrons. The van der Waals surface area contributed by atoms with E-state index >= 15 is 0 Å². The van der Waals surface area contributed by atoms with Gasteiger partial charge in [-0.15, -0.1) is 0 Å². The first-order valence-corrected chi connectivity index (χ1v) is 9.31. The Morgan fingerprint density at radius 3 is 2.38 bits per heavy atom. The maximum atomic E-state index is 12.0. The van der Waals surface area contributed by atoms with E-state index in [1.807, 2.05) is 45.9 Å². The molecule has 1 heterocycles. The van der Waals surface area contributed by atoms with Crippen molar-refractivity contribution in [2.75, 3.05) is 6.54 Å². The first-order chi connectivity index (χ1) is 12.4. The molecule has 26 heavy (non-hydrogen) atoms. The normalized spacial score (nSPS) is 11.4. The summed E-state index contributed by atoms with van der Waals surface area (Å²) in [7, 11) is -3.84. The van der Waals surface area contributed by atoms with Gasteiger partial charge in [0, 0.05) is 11.8 Å². The minimum atomic E-state index is -3.84. The molecule has 0 spiro atoms. The number of carboxylic acid groups (broad SMARTS) is 1. The van der Waals surface area contributed by atoms with Crippen molar-refractivity contribution >= 4 is 16.0 Å². The fourth-order valence-corrected chi connectivity index (χ4v) is 3.41. The average Bonchev–Trinajstić information content (AvgIpc) is 3.09. The lowest BCUT2D eigenvalue weighted by atomic mass is 10.1. The number of carbonyl (C=O) groups is 1. The van der Waals surface area contributed by atoms with Crippen LogP contribution < -0.4 is 4.72 Å². The Kier molecular flexibility index (Phi) is 5.15. The standard InChI is InChI=1S/C18H17N3O4S/c22-18(23)11-20-26(24,25)17-8-6-15(7-9-17)16-10-19-21(13-16)12-14-4-2-1-3-5-14/h1-10,13,20H,11-12H2,(H,22,23). The summed E-state index contributed by atoms with van der Waals surface area (Å²) >= 11 is 0. The first-order valence-electron chi connectivity index (χ1n) is 7.82. The van der Waals surface area contributed by atoms with Crippen LogP contribution in [0.25, 0.3) is 11.1 Å². The Morgan fingerprint density at radius 2 is 1.73 bits per heavy atom. The van der Waals surface area contributed by atoms with Gasteiger partial charge in [0.2, 0.25) is 10.0 Å². The van der Waals surface area contributed by atoms with Gasteiger partial charge in [-0.25, -0.2) is 8.42 Å². The first kappa shape index (κ1) is 17.8. The Labute approximate surface area is 151 Å². The van der Waals surface area contributed by atoms with Crippen molar-refractivity contribution in [2.45, 2.75) is 11.4 Å². The second-order valence-electron chi connectivity index (χ2n) is 5.65. The molecule has 1 aromatic heterocycles. The third-order valence-electron chi connectivity index (χ3n) is 3.73. The molecule has 0 fully saturated rings. The topological polar surface area (TPSA) is 101 Å². The fourth-order valence-electron chi connectivity index (χ4n) is 2.44. The number of aliphatic carboxylic acids is 1. The van der Waals surface area contributed by atoms with Crippen LogP contribution in [0.1, 0.15) is 5.56 Å². The molecule has 0 saturated heterocycles. The van der Waals surface area contributed by atoms with E-state index in [9.17, 15) is 13.2 Å². The van der Waals surface area contributed by atoms with Crippen LogP contribution in [0.4, 0.5) is 0 Å². The number of nitrogens with zero attached hydrogens (tertiary/aromatic N) is 2. The van der Waals surface area contributed by atoms with Crippen molar-refractivity contribution in [3.63, 3.8) is 0 Å². The summed E-state index contributed by atoms with van der Waals surface area (Å²) in [4.78, 5) is 10.5. The fraction of sp³-hybridized carbons (Fsp3) is 0.111. The molecule has 3 rings (SSSR count). The van der Waals surface area contributed by atoms with E-state index in [1.165, 1.54) is 12.1 Å². The summed E-state index contributed by atoms with van der Waals surface area (Å²) < 4.78 is 27.8. The van der Waals surface area contributed by atoms with Crippen molar-refractivity contribution in [3.05, 3.63) is 72.6 Å². The van der Waals surface area contributed by atoms with Crippen LogP contribution in [-0.4, -0.2) is 35.8 Å². The van der Waals surface area contributed by atoms with Crippen LogP contribution in [0.3, 0.4) is 0 Å². The zero-order chi connectivity index (χ0) is 18.6. The lowest BCUT2D eigenvalue weighted by molar-refractivity contribution is -0.135. The number of rotatable bonds is 7. The highest BCUT2D eigenvalue weighted by atomic mass is 32.2. The van der Waals surface area contributed by atoms with Crippen molar-refractivity contribution in [3.8, 4) is 11.1 Å². The summed E-state index contributed by atoms with van der Waals surface area (Å²) in [5.41, 5.74) is 2.82. The van der Waals surface area contributed by atoms with Gasteiger partial charge in [-0.2, -0.15) is 9.82 Å². The molecule has 0 amide bonds. The number of hydrogen-bond acceptors (Lipinski definition) is 4. The molecule has 0 bridgehead atoms. The SMILES string of the molecule is O=C(O)CNS(=O)(=O)c1ccc(-c2cnn(Cc3ccccc3)c2)cc1. The van der Waals surface area contributed by atoms with Crippen molar-refractivity contribution in [1.29, 1.82) is 0 Å². The lowest BCUT2D eigenvalue weighted by Crippen LogP contribution is -2.29. The summed E-state index contributed by atoms with van der Waals surface area (Å²) in [5, 5.41) is 12.9. The van der Waals surface area contributed by atoms with Crippen LogP contribution in [0, 0.1) is 0 Å². The third-order valence-corrected chi connectivity index (χ3v) is 5.15. The molecule has 0 aliphatic rings. The highest BCUT2D eigenvalue weighted by molar-refractivity contribution is 7.89. The molecule has 0 unspecified atom stereocenters. The molecular weight excluding hydrogens is 354 g/mol. The van der Waals surface area contributed by atoms with E-state index in [0.29, 0.717) is 6.54 Å². The van der Waals surface area contributed by atoms with E-state index in [0.717, 1.165) is 16.7 Å². The van der Waals surface area contributed by atoms with Crippen molar-refractivity contribution < 1.29 is 18.3 Å². The number of hydrogen-bond donors (Lipinski definition) is 2. The van der Waals surface area contributed by atoms with Gasteiger partial charge in [-0.05, 0) is 23.3 Å². The number of aromatic nitrogens is 2. The Bertz CT molecular complexity index is 996. The lowest BCUT2D eigenvalue weighted by Gasteiger charge is -2.05. The zero-order valence-corrected chi connectivity index (χ0v) is 14.6. The third kappa shape index (κ3) is 4.35. The van der Waals surface area contributed by atoms with Gasteiger partial charge in [0.25, 0.3) is 0 Å². The summed E-state index contributed by atoms with van der Waals surface area (Å²) in [5.74, 6) is -1.24. The largest absolute Gasteiger partial charge is 0.480 e. The molecule has 0 aliphatic heterocycles. The van der Waals surface area contributed by atoms with Gasteiger partial charge in [0.15, 0.2) is 0 Å². The molecule has 3 aromatic rings. The minimum absolute atomic E-state index is 0.0131. The quantitative estimate of drug-likeness (QED) is 0.661. The molecule has 0 aliphatic carbocycles. The number of benzene rings is 2. The molecule has 0 saturated carbocycles. The van der Waals surface area contributed by atoms with E-state index in [4.69, 9.17) is 5.11 Å². The second kappa shape index (κ2) is 7.51. The van der Waals surface area contributed by atoms with Crippen LogP contribution in [-0.2, 0) is 21.4 Å². The maximum absolute atomic E-state index is 12.0. The molecule has 0 atom stereocenters. The second-order valence-corrected chi connectivity index (χ2v) is 7.42. The number of sulfonamides is 1. The molecule has 2 N–H and O–H groups in total. The smallest absolute Gasteiger partial charge is 0.318 e. The van der Waals surface area contributed by atoms with Gasteiger partial charge < -0.3 is 5.11 Å². The predicted octanol–water partition coefficient (Wildman–Crippen LogP) is 1.96. The maximum Gasteiger partial charge on any atom is 0.318 e. The monoisotopic (exact) mass is 371 g/mol. The zero-order valence-electron chi connectivity index (χ0n) is 13.7. The van der Waals surface area contributed by atoms with Gasteiger partial charge in [-0.1, -0.05) is 42.5 Å². The molecule has 2 aromatic carbocycles. The van der Waals surface area contributed by atoms with Crippen LogP contribution in [0.2, 0.25) is 0 Å². The van der Waals surface area contributed by atoms with Gasteiger partial charge >= 0.3 is 5.97 Å². The summed E-state index contributed by atoms with van der Waals surface area (Å²) in [6, 6.07) is 16.1. The average molecular weight is 371 g/mol. The van der Waals surface area contributed by atoms with Crippen LogP contribution in [0.5, 0.6) is 0 Å². The van der Waals surface area contributed by atoms with Crippen LogP contribution >= 0.6 is 0 Å². The number of nitrogens with one attached hydrogen (secondary N) is 1. The highest BCUT2D eigenvalue weighted by Gasteiger charge is 2.15. The molecule has 134 valence electrons. The van der Waals surface area contributed by atoms with Gasteiger partial charge in [0.1, 0.15) is 6.54 Å². The summed E-state index contributed by atoms with van der Waals surface area (Å²) in [6.07, 6.45) is 3.61. The Balaban J connectivity index is 1.74. The van der Waals surface area contributed by atoms with Crippen molar-refractivity contribution in [2.24, 2.45) is 0 Å². The van der Waals surface area contributed by atoms with Gasteiger partial charge in [-0.3, -0.25) is 9.48 Å². The van der Waals surface area contributed by atoms with Gasteiger partial charge in [0.05, 0.1) is 17.6 Å². The predicted molar refractivity (Wildman–Crippen MR) is 96.0 cm³/mol. The van der Waals surface area contributed by atoms with Crippen molar-refractivity contribution in [1.82, 2.24) is 14.5 Å². The van der Waals surface area contributed by atoms with E-state index < -0.39 is 22.5 Å². The Hall–Kier alpha value is -2.97. The Morgan fingerprint density at radius 1 is 1.04 bits per heavy atom. The van der Waals surface area contributed by atoms with E-state index in [1.54, 1.807) is 18.3 Å². The molecule has 8 heteroatoms. The van der Waals surface area contributed by atoms with E-state index in [-0.39, 0.29) is 4.90 Å². The van der Waals surface area contributed by atoms with Crippen LogP contribution in [0.15, 0.2) is 71.9 Å². The number of carboxylic acids is 1.